The Hall–Kier alpha value is -3.09. The Labute approximate surface area is 208 Å². The Morgan fingerprint density at radius 2 is 1.43 bits per heavy atom. The SMILES string of the molecule is CCCCCCCCCCCCCCOc1ccc(C2NC(=O)c3cc([N+](=O)[O-])ccc3N2)cc1. The van der Waals surface area contributed by atoms with Crippen LogP contribution >= 0.6 is 0 Å². The molecule has 0 radical (unpaired) electrons. The molecule has 1 amide bonds. The second kappa shape index (κ2) is 14.3. The van der Waals surface area contributed by atoms with Crippen LogP contribution in [0.4, 0.5) is 11.4 Å². The quantitative estimate of drug-likeness (QED) is 0.147. The molecule has 3 rings (SSSR count). The number of amides is 1. The van der Waals surface area contributed by atoms with Crippen molar-refractivity contribution in [2.24, 2.45) is 0 Å². The van der Waals surface area contributed by atoms with Crippen LogP contribution in [0, 0.1) is 10.1 Å². The Morgan fingerprint density at radius 3 is 2.03 bits per heavy atom. The van der Waals surface area contributed by atoms with Crippen LogP contribution in [0.3, 0.4) is 0 Å². The standard InChI is InChI=1S/C28H39N3O4/c1-2-3-4-5-6-7-8-9-10-11-12-13-20-35-24-17-14-22(15-18-24)27-29-26-19-16-23(31(33)34)21-25(26)28(32)30-27/h14-19,21,27,29H,2-13,20H2,1H3,(H,30,32). The summed E-state index contributed by atoms with van der Waals surface area (Å²) in [4.78, 5) is 22.9. The zero-order valence-corrected chi connectivity index (χ0v) is 20.9. The molecule has 2 aromatic carbocycles. The van der Waals surface area contributed by atoms with Crippen molar-refractivity contribution in [1.29, 1.82) is 0 Å². The van der Waals surface area contributed by atoms with Gasteiger partial charge in [-0.1, -0.05) is 89.7 Å². The monoisotopic (exact) mass is 481 g/mol. The minimum Gasteiger partial charge on any atom is -0.494 e. The number of unbranched alkanes of at least 4 members (excludes halogenated alkanes) is 11. The molecule has 0 saturated heterocycles. The summed E-state index contributed by atoms with van der Waals surface area (Å²) in [6, 6.07) is 11.9. The van der Waals surface area contributed by atoms with Crippen molar-refractivity contribution < 1.29 is 14.5 Å². The number of nitrogens with one attached hydrogen (secondary N) is 2. The Bertz CT molecular complexity index is 946. The molecule has 1 heterocycles. The molecular formula is C28H39N3O4. The van der Waals surface area contributed by atoms with E-state index in [4.69, 9.17) is 4.74 Å². The van der Waals surface area contributed by atoms with Crippen LogP contribution in [0.5, 0.6) is 5.75 Å². The number of non-ortho nitro benzene ring substituents is 1. The molecule has 0 bridgehead atoms. The normalized spacial score (nSPS) is 14.7. The predicted octanol–water partition coefficient (Wildman–Crippen LogP) is 7.53. The first kappa shape index (κ1) is 26.5. The molecule has 0 aromatic heterocycles. The number of nitro groups is 1. The fourth-order valence-electron chi connectivity index (χ4n) is 4.42. The number of carbonyl (C=O) groups excluding carboxylic acids is 1. The average Bonchev–Trinajstić information content (AvgIpc) is 2.87. The summed E-state index contributed by atoms with van der Waals surface area (Å²) in [5, 5.41) is 17.0. The molecule has 2 aromatic rings. The number of ether oxygens (including phenoxy) is 1. The van der Waals surface area contributed by atoms with Gasteiger partial charge in [0.05, 0.1) is 17.1 Å². The van der Waals surface area contributed by atoms with Crippen LogP contribution in [0.25, 0.3) is 0 Å². The zero-order chi connectivity index (χ0) is 24.9. The number of nitrogens with zero attached hydrogens (tertiary/aromatic N) is 1. The number of hydrogen-bond donors (Lipinski definition) is 2. The third-order valence-electron chi connectivity index (χ3n) is 6.51. The minimum absolute atomic E-state index is 0.103. The highest BCUT2D eigenvalue weighted by molar-refractivity contribution is 6.02. The summed E-state index contributed by atoms with van der Waals surface area (Å²) in [6.07, 6.45) is 15.5. The first-order valence-corrected chi connectivity index (χ1v) is 13.2. The Morgan fingerprint density at radius 1 is 0.829 bits per heavy atom. The van der Waals surface area contributed by atoms with Gasteiger partial charge in [0.1, 0.15) is 11.9 Å². The van der Waals surface area contributed by atoms with E-state index in [0.717, 1.165) is 17.7 Å². The fraction of sp³-hybridized carbons (Fsp3) is 0.536. The van der Waals surface area contributed by atoms with Crippen molar-refractivity contribution in [3.05, 3.63) is 63.7 Å². The van der Waals surface area contributed by atoms with Crippen LogP contribution in [-0.2, 0) is 0 Å². The molecule has 1 aliphatic heterocycles. The average molecular weight is 482 g/mol. The van der Waals surface area contributed by atoms with Gasteiger partial charge in [-0.3, -0.25) is 14.9 Å². The molecule has 1 unspecified atom stereocenters. The van der Waals surface area contributed by atoms with Crippen molar-refractivity contribution >= 4 is 17.3 Å². The van der Waals surface area contributed by atoms with Crippen molar-refractivity contribution in [2.45, 2.75) is 90.1 Å². The van der Waals surface area contributed by atoms with E-state index in [-0.39, 0.29) is 17.2 Å². The van der Waals surface area contributed by atoms with Gasteiger partial charge < -0.3 is 15.4 Å². The molecule has 1 atom stereocenters. The van der Waals surface area contributed by atoms with E-state index in [1.807, 2.05) is 24.3 Å². The molecule has 0 fully saturated rings. The second-order valence-electron chi connectivity index (χ2n) is 9.34. The number of hydrogen-bond acceptors (Lipinski definition) is 5. The van der Waals surface area contributed by atoms with Crippen LogP contribution in [0.1, 0.15) is 106 Å². The first-order chi connectivity index (χ1) is 17.1. The molecule has 35 heavy (non-hydrogen) atoms. The number of nitro benzene ring substituents is 1. The predicted molar refractivity (Wildman–Crippen MR) is 140 cm³/mol. The zero-order valence-electron chi connectivity index (χ0n) is 20.9. The van der Waals surface area contributed by atoms with Gasteiger partial charge in [-0.05, 0) is 30.2 Å². The summed E-state index contributed by atoms with van der Waals surface area (Å²) in [5.74, 6) is 0.481. The van der Waals surface area contributed by atoms with Gasteiger partial charge in [0, 0.05) is 17.8 Å². The van der Waals surface area contributed by atoms with Crippen molar-refractivity contribution in [3.8, 4) is 5.75 Å². The first-order valence-electron chi connectivity index (χ1n) is 13.2. The smallest absolute Gasteiger partial charge is 0.270 e. The van der Waals surface area contributed by atoms with Crippen molar-refractivity contribution in [3.63, 3.8) is 0 Å². The van der Waals surface area contributed by atoms with Gasteiger partial charge in [0.25, 0.3) is 11.6 Å². The topological polar surface area (TPSA) is 93.5 Å². The van der Waals surface area contributed by atoms with Gasteiger partial charge in [0.15, 0.2) is 0 Å². The number of fused-ring (bicyclic) bond motifs is 1. The van der Waals surface area contributed by atoms with Crippen LogP contribution in [0.2, 0.25) is 0 Å². The largest absolute Gasteiger partial charge is 0.494 e. The third-order valence-corrected chi connectivity index (χ3v) is 6.51. The highest BCUT2D eigenvalue weighted by Gasteiger charge is 2.26. The summed E-state index contributed by atoms with van der Waals surface area (Å²) < 4.78 is 5.88. The van der Waals surface area contributed by atoms with E-state index in [1.165, 1.54) is 82.8 Å². The molecule has 2 N–H and O–H groups in total. The highest BCUT2D eigenvalue weighted by atomic mass is 16.6. The molecule has 0 aliphatic carbocycles. The van der Waals surface area contributed by atoms with E-state index >= 15 is 0 Å². The maximum Gasteiger partial charge on any atom is 0.270 e. The van der Waals surface area contributed by atoms with E-state index < -0.39 is 11.1 Å². The van der Waals surface area contributed by atoms with E-state index in [0.29, 0.717) is 12.3 Å². The highest BCUT2D eigenvalue weighted by Crippen LogP contribution is 2.30. The number of anilines is 1. The lowest BCUT2D eigenvalue weighted by Crippen LogP contribution is -2.38. The number of carbonyl (C=O) groups is 1. The maximum atomic E-state index is 12.5. The molecular weight excluding hydrogens is 442 g/mol. The molecule has 0 saturated carbocycles. The Balaban J connectivity index is 1.31. The van der Waals surface area contributed by atoms with Gasteiger partial charge in [0.2, 0.25) is 0 Å². The lowest BCUT2D eigenvalue weighted by atomic mass is 10.0. The van der Waals surface area contributed by atoms with Crippen molar-refractivity contribution in [2.75, 3.05) is 11.9 Å². The summed E-state index contributed by atoms with van der Waals surface area (Å²) in [7, 11) is 0. The van der Waals surface area contributed by atoms with Gasteiger partial charge in [-0.15, -0.1) is 0 Å². The minimum atomic E-state index is -0.504. The summed E-state index contributed by atoms with van der Waals surface area (Å²) in [5.41, 5.74) is 1.64. The van der Waals surface area contributed by atoms with Gasteiger partial charge in [-0.25, -0.2) is 0 Å². The molecule has 190 valence electrons. The molecule has 1 aliphatic rings. The lowest BCUT2D eigenvalue weighted by molar-refractivity contribution is -0.384. The lowest BCUT2D eigenvalue weighted by Gasteiger charge is -2.28. The van der Waals surface area contributed by atoms with Gasteiger partial charge >= 0.3 is 0 Å². The van der Waals surface area contributed by atoms with Crippen LogP contribution in [0.15, 0.2) is 42.5 Å². The fourth-order valence-corrected chi connectivity index (χ4v) is 4.42. The van der Waals surface area contributed by atoms with Crippen LogP contribution in [-0.4, -0.2) is 17.4 Å². The van der Waals surface area contributed by atoms with E-state index in [2.05, 4.69) is 17.6 Å². The van der Waals surface area contributed by atoms with Gasteiger partial charge in [-0.2, -0.15) is 0 Å². The molecule has 0 spiro atoms. The summed E-state index contributed by atoms with van der Waals surface area (Å²) in [6.45, 7) is 2.97. The number of rotatable bonds is 16. The molecule has 7 nitrogen and oxygen atoms in total. The number of benzene rings is 2. The van der Waals surface area contributed by atoms with E-state index in [1.54, 1.807) is 6.07 Å². The van der Waals surface area contributed by atoms with Crippen molar-refractivity contribution in [1.82, 2.24) is 5.32 Å². The Kier molecular flexibility index (Phi) is 10.9. The van der Waals surface area contributed by atoms with Crippen LogP contribution < -0.4 is 15.4 Å². The van der Waals surface area contributed by atoms with E-state index in [9.17, 15) is 14.9 Å². The third kappa shape index (κ3) is 8.57. The summed E-state index contributed by atoms with van der Waals surface area (Å²) >= 11 is 0. The molecule has 7 heteroatoms. The maximum absolute atomic E-state index is 12.5. The second-order valence-corrected chi connectivity index (χ2v) is 9.34.